The van der Waals surface area contributed by atoms with Crippen LogP contribution in [0.5, 0.6) is 0 Å². The molecule has 3 aromatic carbocycles. The molecule has 5 heteroatoms. The van der Waals surface area contributed by atoms with Gasteiger partial charge in [-0.1, -0.05) is 66.2 Å². The van der Waals surface area contributed by atoms with E-state index < -0.39 is 0 Å². The number of benzene rings is 3. The molecule has 0 fully saturated rings. The van der Waals surface area contributed by atoms with Crippen molar-refractivity contribution >= 4 is 16.7 Å². The lowest BCUT2D eigenvalue weighted by Gasteiger charge is -2.12. The second kappa shape index (κ2) is 6.71. The van der Waals surface area contributed by atoms with Crippen molar-refractivity contribution in [1.82, 2.24) is 19.2 Å². The van der Waals surface area contributed by atoms with Gasteiger partial charge >= 0.3 is 0 Å². The average Bonchev–Trinajstić information content (AvgIpc) is 3.18. The van der Waals surface area contributed by atoms with E-state index in [0.717, 1.165) is 28.0 Å². The zero-order chi connectivity index (χ0) is 20.0. The Hall–Kier alpha value is -3.73. The van der Waals surface area contributed by atoms with E-state index in [1.165, 1.54) is 5.56 Å². The predicted molar refractivity (Wildman–Crippen MR) is 115 cm³/mol. The van der Waals surface area contributed by atoms with E-state index in [-0.39, 0.29) is 5.56 Å². The SMILES string of the molecule is Cc1ccc(Cn2c(=O)c3ccccc3n3c(-c4ccccc4C)nnc23)cc1. The van der Waals surface area contributed by atoms with Crippen LogP contribution in [0.2, 0.25) is 0 Å². The molecule has 0 N–H and O–H groups in total. The molecule has 0 spiro atoms. The van der Waals surface area contributed by atoms with Crippen LogP contribution < -0.4 is 5.56 Å². The largest absolute Gasteiger partial charge is 0.272 e. The quantitative estimate of drug-likeness (QED) is 0.467. The molecule has 0 radical (unpaired) electrons. The van der Waals surface area contributed by atoms with Gasteiger partial charge in [-0.2, -0.15) is 0 Å². The summed E-state index contributed by atoms with van der Waals surface area (Å²) in [6, 6.07) is 23.9. The number of aryl methyl sites for hydroxylation is 2. The van der Waals surface area contributed by atoms with E-state index >= 15 is 0 Å². The van der Waals surface area contributed by atoms with Crippen LogP contribution in [0.4, 0.5) is 0 Å². The maximum Gasteiger partial charge on any atom is 0.263 e. The predicted octanol–water partition coefficient (Wildman–Crippen LogP) is 4.38. The van der Waals surface area contributed by atoms with Crippen LogP contribution in [-0.4, -0.2) is 19.2 Å². The fourth-order valence-corrected chi connectivity index (χ4v) is 3.78. The first-order chi connectivity index (χ1) is 14.1. The van der Waals surface area contributed by atoms with Crippen molar-refractivity contribution in [2.24, 2.45) is 0 Å². The van der Waals surface area contributed by atoms with E-state index in [9.17, 15) is 4.79 Å². The fourth-order valence-electron chi connectivity index (χ4n) is 3.78. The zero-order valence-corrected chi connectivity index (χ0v) is 16.3. The second-order valence-electron chi connectivity index (χ2n) is 7.37. The number of hydrogen-bond acceptors (Lipinski definition) is 3. The summed E-state index contributed by atoms with van der Waals surface area (Å²) >= 11 is 0. The molecule has 2 heterocycles. The van der Waals surface area contributed by atoms with Crippen molar-refractivity contribution in [3.8, 4) is 11.4 Å². The molecule has 142 valence electrons. The van der Waals surface area contributed by atoms with Crippen LogP contribution in [0.3, 0.4) is 0 Å². The number of hydrogen-bond donors (Lipinski definition) is 0. The number of fused-ring (bicyclic) bond motifs is 3. The van der Waals surface area contributed by atoms with Crippen LogP contribution in [0.15, 0.2) is 77.6 Å². The maximum absolute atomic E-state index is 13.3. The highest BCUT2D eigenvalue weighted by molar-refractivity contribution is 5.82. The second-order valence-corrected chi connectivity index (χ2v) is 7.37. The Morgan fingerprint density at radius 3 is 2.34 bits per heavy atom. The molecule has 5 aromatic rings. The molecule has 0 saturated heterocycles. The maximum atomic E-state index is 13.3. The third kappa shape index (κ3) is 2.83. The molecular formula is C24H20N4O. The lowest BCUT2D eigenvalue weighted by atomic mass is 10.1. The van der Waals surface area contributed by atoms with Crippen LogP contribution in [0.1, 0.15) is 16.7 Å². The summed E-state index contributed by atoms with van der Waals surface area (Å²) in [4.78, 5) is 13.3. The van der Waals surface area contributed by atoms with Gasteiger partial charge in [0.2, 0.25) is 5.78 Å². The average molecular weight is 380 g/mol. The van der Waals surface area contributed by atoms with E-state index in [1.807, 2.05) is 59.0 Å². The summed E-state index contributed by atoms with van der Waals surface area (Å²) < 4.78 is 3.70. The Balaban J connectivity index is 1.84. The molecule has 29 heavy (non-hydrogen) atoms. The minimum atomic E-state index is -0.0580. The van der Waals surface area contributed by atoms with Crippen LogP contribution >= 0.6 is 0 Å². The summed E-state index contributed by atoms with van der Waals surface area (Å²) in [6.07, 6.45) is 0. The van der Waals surface area contributed by atoms with Crippen molar-refractivity contribution in [2.75, 3.05) is 0 Å². The minimum absolute atomic E-state index is 0.0580. The topological polar surface area (TPSA) is 52.2 Å². The Bertz CT molecular complexity index is 1410. The Morgan fingerprint density at radius 1 is 0.828 bits per heavy atom. The summed E-state index contributed by atoms with van der Waals surface area (Å²) in [7, 11) is 0. The van der Waals surface area contributed by atoms with Crippen molar-refractivity contribution in [3.63, 3.8) is 0 Å². The van der Waals surface area contributed by atoms with Gasteiger partial charge in [-0.3, -0.25) is 13.8 Å². The molecule has 0 aliphatic carbocycles. The van der Waals surface area contributed by atoms with Crippen molar-refractivity contribution < 1.29 is 0 Å². The van der Waals surface area contributed by atoms with Crippen molar-refractivity contribution in [3.05, 3.63) is 99.8 Å². The summed E-state index contributed by atoms with van der Waals surface area (Å²) in [5.74, 6) is 1.29. The Labute approximate surface area is 167 Å². The van der Waals surface area contributed by atoms with Gasteiger partial charge in [-0.15, -0.1) is 10.2 Å². The van der Waals surface area contributed by atoms with Crippen LogP contribution in [-0.2, 0) is 6.54 Å². The minimum Gasteiger partial charge on any atom is -0.272 e. The molecule has 0 atom stereocenters. The fraction of sp³-hybridized carbons (Fsp3) is 0.125. The Kier molecular flexibility index (Phi) is 4.02. The standard InChI is InChI=1S/C24H20N4O/c1-16-11-13-18(14-12-16)15-27-23(29)20-9-5-6-10-21(20)28-22(25-26-24(27)28)19-8-4-3-7-17(19)2/h3-14H,15H2,1-2H3. The van der Waals surface area contributed by atoms with Gasteiger partial charge < -0.3 is 0 Å². The van der Waals surface area contributed by atoms with Gasteiger partial charge in [0, 0.05) is 5.56 Å². The normalized spacial score (nSPS) is 11.4. The molecule has 2 aromatic heterocycles. The van der Waals surface area contributed by atoms with Crippen molar-refractivity contribution in [1.29, 1.82) is 0 Å². The van der Waals surface area contributed by atoms with Gasteiger partial charge in [-0.25, -0.2) is 0 Å². The van der Waals surface area contributed by atoms with E-state index in [4.69, 9.17) is 0 Å². The van der Waals surface area contributed by atoms with E-state index in [2.05, 4.69) is 42.2 Å². The van der Waals surface area contributed by atoms with Crippen molar-refractivity contribution in [2.45, 2.75) is 20.4 Å². The van der Waals surface area contributed by atoms with Gasteiger partial charge in [0.1, 0.15) is 0 Å². The molecule has 5 nitrogen and oxygen atoms in total. The summed E-state index contributed by atoms with van der Waals surface area (Å²) in [6.45, 7) is 4.55. The highest BCUT2D eigenvalue weighted by Gasteiger charge is 2.18. The smallest absolute Gasteiger partial charge is 0.263 e. The molecule has 0 aliphatic heterocycles. The molecule has 0 saturated carbocycles. The summed E-state index contributed by atoms with van der Waals surface area (Å²) in [5.41, 5.74) is 5.12. The highest BCUT2D eigenvalue weighted by atomic mass is 16.1. The van der Waals surface area contributed by atoms with Gasteiger partial charge in [0.15, 0.2) is 5.82 Å². The van der Waals surface area contributed by atoms with Crippen LogP contribution in [0, 0.1) is 13.8 Å². The van der Waals surface area contributed by atoms with Gasteiger partial charge in [-0.05, 0) is 37.1 Å². The van der Waals surface area contributed by atoms with Gasteiger partial charge in [0.25, 0.3) is 5.56 Å². The lowest BCUT2D eigenvalue weighted by Crippen LogP contribution is -2.24. The van der Waals surface area contributed by atoms with E-state index in [1.54, 1.807) is 4.57 Å². The monoisotopic (exact) mass is 380 g/mol. The molecule has 5 rings (SSSR count). The lowest BCUT2D eigenvalue weighted by molar-refractivity contribution is 0.766. The molecular weight excluding hydrogens is 360 g/mol. The first-order valence-corrected chi connectivity index (χ1v) is 9.62. The Morgan fingerprint density at radius 2 is 1.55 bits per heavy atom. The third-order valence-electron chi connectivity index (χ3n) is 5.36. The number of nitrogens with zero attached hydrogens (tertiary/aromatic N) is 4. The number of para-hydroxylation sites is 1. The number of aromatic nitrogens is 4. The molecule has 0 bridgehead atoms. The molecule has 0 unspecified atom stereocenters. The first-order valence-electron chi connectivity index (χ1n) is 9.62. The molecule has 0 aliphatic rings. The first kappa shape index (κ1) is 17.4. The van der Waals surface area contributed by atoms with E-state index in [0.29, 0.717) is 17.7 Å². The molecule has 0 amide bonds. The van der Waals surface area contributed by atoms with Gasteiger partial charge in [0.05, 0.1) is 17.4 Å². The zero-order valence-electron chi connectivity index (χ0n) is 16.3. The third-order valence-corrected chi connectivity index (χ3v) is 5.36. The summed E-state index contributed by atoms with van der Waals surface area (Å²) in [5, 5.41) is 9.58. The highest BCUT2D eigenvalue weighted by Crippen LogP contribution is 2.25. The number of rotatable bonds is 3. The van der Waals surface area contributed by atoms with Crippen LogP contribution in [0.25, 0.3) is 28.1 Å².